The fourth-order valence-corrected chi connectivity index (χ4v) is 1.41. The lowest BCUT2D eigenvalue weighted by molar-refractivity contribution is 0.144. The molecule has 0 spiro atoms. The smallest absolute Gasteiger partial charge is 0.409 e. The van der Waals surface area contributed by atoms with Gasteiger partial charge in [-0.15, -0.1) is 0 Å². The van der Waals surface area contributed by atoms with E-state index in [1.807, 2.05) is 24.3 Å². The molecule has 0 aromatic heterocycles. The molecular weight excluding hydrogens is 168 g/mol. The van der Waals surface area contributed by atoms with Crippen LogP contribution in [-0.2, 0) is 6.54 Å². The van der Waals surface area contributed by atoms with Crippen molar-refractivity contribution in [1.29, 1.82) is 0 Å². The highest BCUT2D eigenvalue weighted by molar-refractivity contribution is 5.67. The summed E-state index contributed by atoms with van der Waals surface area (Å²) in [7, 11) is 0. The Bertz CT molecular complexity index is 338. The predicted octanol–water partition coefficient (Wildman–Crippen LogP) is 1.55. The van der Waals surface area contributed by atoms with Crippen molar-refractivity contribution >= 4 is 11.8 Å². The molecule has 0 saturated carbocycles. The molecule has 0 unspecified atom stereocenters. The van der Waals surface area contributed by atoms with Gasteiger partial charge in [-0.25, -0.2) is 4.79 Å². The normalized spacial score (nSPS) is 14.6. The van der Waals surface area contributed by atoms with E-state index in [0.29, 0.717) is 13.2 Å². The third-order valence-corrected chi connectivity index (χ3v) is 2.11. The standard InChI is InChI=1S/C9H10N2O2/c12-9(13)11-5-7-3-1-2-4-8(7)10-6-11/h1-4,10H,5-6H2,(H,12,13). The minimum Gasteiger partial charge on any atom is -0.465 e. The molecule has 2 N–H and O–H groups in total. The molecule has 4 heteroatoms. The molecule has 1 aliphatic heterocycles. The molecule has 1 aliphatic rings. The second-order valence-electron chi connectivity index (χ2n) is 2.97. The van der Waals surface area contributed by atoms with E-state index in [-0.39, 0.29) is 0 Å². The van der Waals surface area contributed by atoms with Gasteiger partial charge in [0.1, 0.15) is 0 Å². The maximum Gasteiger partial charge on any atom is 0.409 e. The van der Waals surface area contributed by atoms with Crippen molar-refractivity contribution in [2.75, 3.05) is 12.0 Å². The summed E-state index contributed by atoms with van der Waals surface area (Å²) in [6, 6.07) is 7.72. The summed E-state index contributed by atoms with van der Waals surface area (Å²) in [6.07, 6.45) is -0.887. The first kappa shape index (κ1) is 7.91. The number of para-hydroxylation sites is 1. The molecule has 0 saturated heterocycles. The second-order valence-corrected chi connectivity index (χ2v) is 2.97. The van der Waals surface area contributed by atoms with Gasteiger partial charge in [-0.2, -0.15) is 0 Å². The molecular formula is C9H10N2O2. The van der Waals surface area contributed by atoms with Crippen LogP contribution in [0.4, 0.5) is 10.5 Å². The number of anilines is 1. The third kappa shape index (κ3) is 1.42. The largest absolute Gasteiger partial charge is 0.465 e. The lowest BCUT2D eigenvalue weighted by atomic mass is 10.1. The molecule has 0 aliphatic carbocycles. The van der Waals surface area contributed by atoms with Gasteiger partial charge in [0.05, 0.1) is 13.2 Å². The number of hydrogen-bond acceptors (Lipinski definition) is 2. The fraction of sp³-hybridized carbons (Fsp3) is 0.222. The van der Waals surface area contributed by atoms with E-state index in [4.69, 9.17) is 5.11 Å². The first-order chi connectivity index (χ1) is 6.27. The molecule has 13 heavy (non-hydrogen) atoms. The second kappa shape index (κ2) is 2.97. The molecule has 1 aromatic rings. The molecule has 0 atom stereocenters. The molecule has 68 valence electrons. The highest BCUT2D eigenvalue weighted by atomic mass is 16.4. The Morgan fingerprint density at radius 2 is 2.23 bits per heavy atom. The Kier molecular flexibility index (Phi) is 1.81. The maximum absolute atomic E-state index is 10.7. The molecule has 0 radical (unpaired) electrons. The number of fused-ring (bicyclic) bond motifs is 1. The highest BCUT2D eigenvalue weighted by Crippen LogP contribution is 2.20. The van der Waals surface area contributed by atoms with Crippen molar-refractivity contribution in [3.8, 4) is 0 Å². The Morgan fingerprint density at radius 1 is 1.46 bits per heavy atom. The van der Waals surface area contributed by atoms with Gasteiger partial charge in [0, 0.05) is 5.69 Å². The summed E-state index contributed by atoms with van der Waals surface area (Å²) < 4.78 is 0. The van der Waals surface area contributed by atoms with Gasteiger partial charge in [-0.05, 0) is 11.6 Å². The van der Waals surface area contributed by atoms with Gasteiger partial charge in [0.15, 0.2) is 0 Å². The van der Waals surface area contributed by atoms with Gasteiger partial charge >= 0.3 is 6.09 Å². The number of hydrogen-bond donors (Lipinski definition) is 2. The monoisotopic (exact) mass is 178 g/mol. The van der Waals surface area contributed by atoms with E-state index < -0.39 is 6.09 Å². The number of benzene rings is 1. The van der Waals surface area contributed by atoms with Crippen LogP contribution in [0.2, 0.25) is 0 Å². The van der Waals surface area contributed by atoms with Crippen LogP contribution in [0.15, 0.2) is 24.3 Å². The maximum atomic E-state index is 10.7. The van der Waals surface area contributed by atoms with Crippen molar-refractivity contribution < 1.29 is 9.90 Å². The van der Waals surface area contributed by atoms with Crippen molar-refractivity contribution in [1.82, 2.24) is 4.90 Å². The van der Waals surface area contributed by atoms with E-state index in [2.05, 4.69) is 5.32 Å². The number of carboxylic acid groups (broad SMARTS) is 1. The van der Waals surface area contributed by atoms with Crippen molar-refractivity contribution in [3.63, 3.8) is 0 Å². The Hall–Kier alpha value is -1.71. The van der Waals surface area contributed by atoms with Crippen LogP contribution < -0.4 is 5.32 Å². The molecule has 0 fully saturated rings. The number of rotatable bonds is 0. The molecule has 1 heterocycles. The minimum absolute atomic E-state index is 0.367. The number of nitrogens with one attached hydrogen (secondary N) is 1. The van der Waals surface area contributed by atoms with E-state index in [1.165, 1.54) is 4.90 Å². The first-order valence-electron chi connectivity index (χ1n) is 4.07. The van der Waals surface area contributed by atoms with Gasteiger partial charge in [-0.1, -0.05) is 18.2 Å². The van der Waals surface area contributed by atoms with Crippen molar-refractivity contribution in [2.24, 2.45) is 0 Å². The van der Waals surface area contributed by atoms with Crippen molar-refractivity contribution in [3.05, 3.63) is 29.8 Å². The summed E-state index contributed by atoms with van der Waals surface area (Å²) >= 11 is 0. The zero-order valence-corrected chi connectivity index (χ0v) is 7.03. The van der Waals surface area contributed by atoms with Crippen LogP contribution in [0.1, 0.15) is 5.56 Å². The average Bonchev–Trinajstić information content (AvgIpc) is 2.17. The lowest BCUT2D eigenvalue weighted by Crippen LogP contribution is -2.37. The summed E-state index contributed by atoms with van der Waals surface area (Å²) in [5.74, 6) is 0. The predicted molar refractivity (Wildman–Crippen MR) is 48.5 cm³/mol. The zero-order valence-electron chi connectivity index (χ0n) is 7.03. The van der Waals surface area contributed by atoms with Crippen LogP contribution in [0.25, 0.3) is 0 Å². The van der Waals surface area contributed by atoms with Gasteiger partial charge < -0.3 is 10.4 Å². The number of nitrogens with zero attached hydrogens (tertiary/aromatic N) is 1. The average molecular weight is 178 g/mol. The van der Waals surface area contributed by atoms with E-state index >= 15 is 0 Å². The van der Waals surface area contributed by atoms with Gasteiger partial charge in [0.25, 0.3) is 0 Å². The number of amides is 1. The zero-order chi connectivity index (χ0) is 9.26. The van der Waals surface area contributed by atoms with Gasteiger partial charge in [-0.3, -0.25) is 4.90 Å². The third-order valence-electron chi connectivity index (χ3n) is 2.11. The minimum atomic E-state index is -0.887. The molecule has 0 bridgehead atoms. The fourth-order valence-electron chi connectivity index (χ4n) is 1.41. The van der Waals surface area contributed by atoms with Gasteiger partial charge in [0.2, 0.25) is 0 Å². The molecule has 4 nitrogen and oxygen atoms in total. The van der Waals surface area contributed by atoms with Crippen LogP contribution in [0.3, 0.4) is 0 Å². The Labute approximate surface area is 75.8 Å². The highest BCUT2D eigenvalue weighted by Gasteiger charge is 2.18. The van der Waals surface area contributed by atoms with Crippen molar-refractivity contribution in [2.45, 2.75) is 6.54 Å². The summed E-state index contributed by atoms with van der Waals surface area (Å²) in [4.78, 5) is 12.0. The Morgan fingerprint density at radius 3 is 3.00 bits per heavy atom. The summed E-state index contributed by atoms with van der Waals surface area (Å²) in [6.45, 7) is 0.838. The van der Waals surface area contributed by atoms with Crippen LogP contribution in [0, 0.1) is 0 Å². The number of carbonyl (C=O) groups is 1. The summed E-state index contributed by atoms with van der Waals surface area (Å²) in [5.41, 5.74) is 2.05. The SMILES string of the molecule is O=C(O)N1CNc2ccccc2C1. The van der Waals surface area contributed by atoms with Crippen LogP contribution in [-0.4, -0.2) is 22.8 Å². The van der Waals surface area contributed by atoms with Crippen LogP contribution >= 0.6 is 0 Å². The Balaban J connectivity index is 2.24. The van der Waals surface area contributed by atoms with E-state index in [9.17, 15) is 4.79 Å². The molecule has 2 rings (SSSR count). The quantitative estimate of drug-likeness (QED) is 0.633. The first-order valence-corrected chi connectivity index (χ1v) is 4.07. The molecule has 1 amide bonds. The topological polar surface area (TPSA) is 52.6 Å². The van der Waals surface area contributed by atoms with Crippen LogP contribution in [0.5, 0.6) is 0 Å². The van der Waals surface area contributed by atoms with E-state index in [0.717, 1.165) is 11.3 Å². The van der Waals surface area contributed by atoms with E-state index in [1.54, 1.807) is 0 Å². The lowest BCUT2D eigenvalue weighted by Gasteiger charge is -2.27. The molecule has 1 aromatic carbocycles. The summed E-state index contributed by atoms with van der Waals surface area (Å²) in [5, 5.41) is 11.8.